The second-order valence-corrected chi connectivity index (χ2v) is 5.60. The molecule has 5 N–H and O–H groups in total. The molecule has 0 spiro atoms. The van der Waals surface area contributed by atoms with Gasteiger partial charge in [0.05, 0.1) is 5.69 Å². The van der Waals surface area contributed by atoms with Crippen molar-refractivity contribution < 1.29 is 4.79 Å². The van der Waals surface area contributed by atoms with E-state index in [1.807, 2.05) is 5.38 Å². The predicted molar refractivity (Wildman–Crippen MR) is 68.2 cm³/mol. The van der Waals surface area contributed by atoms with E-state index in [2.05, 4.69) is 17.3 Å². The third-order valence-corrected chi connectivity index (χ3v) is 4.12. The lowest BCUT2D eigenvalue weighted by Crippen LogP contribution is -2.29. The van der Waals surface area contributed by atoms with Gasteiger partial charge in [-0.05, 0) is 13.0 Å². The van der Waals surface area contributed by atoms with Gasteiger partial charge in [-0.2, -0.15) is 11.8 Å². The summed E-state index contributed by atoms with van der Waals surface area (Å²) in [6.07, 6.45) is 0.991. The number of rotatable bonds is 6. The molecule has 1 amide bonds. The van der Waals surface area contributed by atoms with E-state index < -0.39 is 0 Å². The van der Waals surface area contributed by atoms with Gasteiger partial charge in [-0.15, -0.1) is 11.3 Å². The first kappa shape index (κ1) is 13.4. The van der Waals surface area contributed by atoms with Crippen LogP contribution in [0.5, 0.6) is 0 Å². The summed E-state index contributed by atoms with van der Waals surface area (Å²) in [7, 11) is 0. The maximum atomic E-state index is 11.2. The van der Waals surface area contributed by atoms with Gasteiger partial charge in [0.1, 0.15) is 0 Å². The zero-order chi connectivity index (χ0) is 12.0. The van der Waals surface area contributed by atoms with Crippen molar-refractivity contribution in [2.24, 2.45) is 11.6 Å². The third kappa shape index (κ3) is 4.09. The lowest BCUT2D eigenvalue weighted by atomic mass is 10.3. The molecular formula is C9H16N4OS2. The van der Waals surface area contributed by atoms with Gasteiger partial charge in [-0.3, -0.25) is 10.2 Å². The standard InChI is InChI=1S/C9H16N4OS2/c1-6(2-3-10)15-4-7-5-16-9(12-7)8(14)13-11/h5-6H,2-4,10-11H2,1H3,(H,13,14). The Morgan fingerprint density at radius 1 is 1.75 bits per heavy atom. The van der Waals surface area contributed by atoms with Crippen LogP contribution in [-0.4, -0.2) is 22.7 Å². The number of amides is 1. The molecule has 7 heteroatoms. The molecule has 16 heavy (non-hydrogen) atoms. The molecule has 0 aliphatic carbocycles. The van der Waals surface area contributed by atoms with Gasteiger partial charge in [-0.25, -0.2) is 10.8 Å². The summed E-state index contributed by atoms with van der Waals surface area (Å²) in [6, 6.07) is 0. The summed E-state index contributed by atoms with van der Waals surface area (Å²) in [4.78, 5) is 15.3. The maximum absolute atomic E-state index is 11.2. The van der Waals surface area contributed by atoms with Crippen LogP contribution in [0.25, 0.3) is 0 Å². The molecule has 0 aromatic carbocycles. The number of carbonyl (C=O) groups is 1. The van der Waals surface area contributed by atoms with Crippen molar-refractivity contribution in [3.05, 3.63) is 16.1 Å². The predicted octanol–water partition coefficient (Wildman–Crippen LogP) is 0.717. The number of nitrogens with zero attached hydrogens (tertiary/aromatic N) is 1. The van der Waals surface area contributed by atoms with Crippen molar-refractivity contribution in [3.8, 4) is 0 Å². The van der Waals surface area contributed by atoms with Crippen LogP contribution in [0.15, 0.2) is 5.38 Å². The number of carbonyl (C=O) groups excluding carboxylic acids is 1. The maximum Gasteiger partial charge on any atom is 0.294 e. The summed E-state index contributed by atoms with van der Waals surface area (Å²) in [5.74, 6) is 5.49. The number of thiazole rings is 1. The first-order valence-corrected chi connectivity index (χ1v) is 6.87. The van der Waals surface area contributed by atoms with Gasteiger partial charge >= 0.3 is 0 Å². The molecule has 0 saturated carbocycles. The van der Waals surface area contributed by atoms with E-state index >= 15 is 0 Å². The minimum atomic E-state index is -0.337. The van der Waals surface area contributed by atoms with Crippen molar-refractivity contribution in [1.82, 2.24) is 10.4 Å². The Kier molecular flexibility index (Phi) is 5.75. The number of thioether (sulfide) groups is 1. The van der Waals surface area contributed by atoms with Crippen LogP contribution < -0.4 is 17.0 Å². The van der Waals surface area contributed by atoms with Crippen LogP contribution >= 0.6 is 23.1 Å². The Morgan fingerprint density at radius 2 is 2.50 bits per heavy atom. The Balaban J connectivity index is 2.43. The molecule has 1 atom stereocenters. The number of hydrazine groups is 1. The van der Waals surface area contributed by atoms with Crippen LogP contribution in [0.1, 0.15) is 28.8 Å². The number of hydrogen-bond donors (Lipinski definition) is 3. The molecule has 0 radical (unpaired) electrons. The summed E-state index contributed by atoms with van der Waals surface area (Å²) in [5.41, 5.74) is 8.45. The zero-order valence-corrected chi connectivity index (χ0v) is 10.7. The summed E-state index contributed by atoms with van der Waals surface area (Å²) < 4.78 is 0. The minimum Gasteiger partial charge on any atom is -0.330 e. The summed E-state index contributed by atoms with van der Waals surface area (Å²) >= 11 is 3.09. The average molecular weight is 260 g/mol. The molecule has 0 saturated heterocycles. The van der Waals surface area contributed by atoms with Gasteiger partial charge < -0.3 is 5.73 Å². The molecule has 1 unspecified atom stereocenters. The quantitative estimate of drug-likeness (QED) is 0.398. The van der Waals surface area contributed by atoms with E-state index in [1.54, 1.807) is 11.8 Å². The number of nitrogens with two attached hydrogens (primary N) is 2. The molecule has 1 rings (SSSR count). The highest BCUT2D eigenvalue weighted by Gasteiger charge is 2.10. The fourth-order valence-corrected chi connectivity index (χ4v) is 2.82. The highest BCUT2D eigenvalue weighted by molar-refractivity contribution is 7.99. The number of nitrogen functional groups attached to an aromatic ring is 1. The fraction of sp³-hybridized carbons (Fsp3) is 0.556. The number of hydrogen-bond acceptors (Lipinski definition) is 6. The Bertz CT molecular complexity index is 342. The minimum absolute atomic E-state index is 0.337. The molecule has 0 bridgehead atoms. The zero-order valence-electron chi connectivity index (χ0n) is 9.10. The van der Waals surface area contributed by atoms with E-state index in [0.29, 0.717) is 16.8 Å². The molecule has 90 valence electrons. The topological polar surface area (TPSA) is 94.0 Å². The van der Waals surface area contributed by atoms with Crippen LogP contribution in [0.3, 0.4) is 0 Å². The smallest absolute Gasteiger partial charge is 0.294 e. The second kappa shape index (κ2) is 6.85. The molecule has 0 fully saturated rings. The normalized spacial score (nSPS) is 12.4. The Labute approximate surface area is 103 Å². The van der Waals surface area contributed by atoms with Gasteiger partial charge in [0.2, 0.25) is 0 Å². The Morgan fingerprint density at radius 3 is 3.12 bits per heavy atom. The lowest BCUT2D eigenvalue weighted by Gasteiger charge is -2.07. The molecule has 5 nitrogen and oxygen atoms in total. The molecule has 0 aliphatic heterocycles. The SMILES string of the molecule is CC(CCN)SCc1csc(C(=O)NN)n1. The summed E-state index contributed by atoms with van der Waals surface area (Å²) in [5, 5.41) is 2.80. The Hall–Kier alpha value is -0.630. The molecule has 1 aromatic rings. The number of nitrogens with one attached hydrogen (secondary N) is 1. The highest BCUT2D eigenvalue weighted by Crippen LogP contribution is 2.20. The van der Waals surface area contributed by atoms with Gasteiger partial charge in [0.25, 0.3) is 5.91 Å². The van der Waals surface area contributed by atoms with E-state index in [9.17, 15) is 4.79 Å². The highest BCUT2D eigenvalue weighted by atomic mass is 32.2. The van der Waals surface area contributed by atoms with Gasteiger partial charge in [0, 0.05) is 16.4 Å². The second-order valence-electron chi connectivity index (χ2n) is 3.32. The summed E-state index contributed by atoms with van der Waals surface area (Å²) in [6.45, 7) is 2.84. The van der Waals surface area contributed by atoms with Crippen LogP contribution in [0.4, 0.5) is 0 Å². The first-order chi connectivity index (χ1) is 7.67. The molecule has 1 heterocycles. The van der Waals surface area contributed by atoms with Crippen LogP contribution in [-0.2, 0) is 5.75 Å². The van der Waals surface area contributed by atoms with E-state index in [4.69, 9.17) is 11.6 Å². The van der Waals surface area contributed by atoms with Crippen molar-refractivity contribution in [2.75, 3.05) is 6.54 Å². The van der Waals surface area contributed by atoms with Crippen molar-refractivity contribution in [3.63, 3.8) is 0 Å². The van der Waals surface area contributed by atoms with Crippen molar-refractivity contribution >= 4 is 29.0 Å². The van der Waals surface area contributed by atoms with Gasteiger partial charge in [-0.1, -0.05) is 6.92 Å². The molecular weight excluding hydrogens is 244 g/mol. The largest absolute Gasteiger partial charge is 0.330 e. The van der Waals surface area contributed by atoms with Crippen LogP contribution in [0, 0.1) is 0 Å². The monoisotopic (exact) mass is 260 g/mol. The van der Waals surface area contributed by atoms with Crippen molar-refractivity contribution in [1.29, 1.82) is 0 Å². The van der Waals surface area contributed by atoms with Crippen LogP contribution in [0.2, 0.25) is 0 Å². The van der Waals surface area contributed by atoms with Gasteiger partial charge in [0.15, 0.2) is 5.01 Å². The number of aromatic nitrogens is 1. The van der Waals surface area contributed by atoms with E-state index in [0.717, 1.165) is 17.9 Å². The van der Waals surface area contributed by atoms with E-state index in [-0.39, 0.29) is 5.91 Å². The lowest BCUT2D eigenvalue weighted by molar-refractivity contribution is 0.0953. The molecule has 0 aliphatic rings. The molecule has 1 aromatic heterocycles. The first-order valence-electron chi connectivity index (χ1n) is 4.94. The average Bonchev–Trinajstić information content (AvgIpc) is 2.74. The fourth-order valence-electron chi connectivity index (χ4n) is 1.08. The third-order valence-electron chi connectivity index (χ3n) is 1.97. The van der Waals surface area contributed by atoms with E-state index in [1.165, 1.54) is 11.3 Å². The van der Waals surface area contributed by atoms with Crippen molar-refractivity contribution in [2.45, 2.75) is 24.3 Å².